The molecule has 10 nitrogen and oxygen atoms in total. The number of likely N-dealkylation sites (N-methyl/N-ethyl adjacent to an activating group) is 1. The zero-order valence-electron chi connectivity index (χ0n) is 18.2. The average molecular weight is 426 g/mol. The number of ether oxygens (including phenoxy) is 8. The van der Waals surface area contributed by atoms with E-state index < -0.39 is 5.97 Å². The van der Waals surface area contributed by atoms with Gasteiger partial charge in [0.25, 0.3) is 0 Å². The van der Waals surface area contributed by atoms with E-state index in [1.807, 2.05) is 14.1 Å². The summed E-state index contributed by atoms with van der Waals surface area (Å²) in [5.41, 5.74) is 0. The maximum absolute atomic E-state index is 10.8. The monoisotopic (exact) mass is 425 g/mol. The molecule has 0 heterocycles. The van der Waals surface area contributed by atoms with Crippen molar-refractivity contribution >= 4 is 5.97 Å². The summed E-state index contributed by atoms with van der Waals surface area (Å²) >= 11 is 0. The van der Waals surface area contributed by atoms with Crippen molar-refractivity contribution in [2.75, 3.05) is 120 Å². The van der Waals surface area contributed by atoms with E-state index in [4.69, 9.17) is 33.2 Å². The fourth-order valence-electron chi connectivity index (χ4n) is 1.78. The number of nitrogens with zero attached hydrogens (tertiary/aromatic N) is 1. The van der Waals surface area contributed by atoms with Crippen molar-refractivity contribution in [2.24, 2.45) is 0 Å². The molecule has 0 aliphatic carbocycles. The highest BCUT2D eigenvalue weighted by Gasteiger charge is 1.99. The number of hydrogen-bond acceptors (Lipinski definition) is 10. The van der Waals surface area contributed by atoms with Gasteiger partial charge in [-0.2, -0.15) is 0 Å². The number of hydrogen-bond donors (Lipinski definition) is 0. The highest BCUT2D eigenvalue weighted by atomic mass is 16.6. The second-order valence-electron chi connectivity index (χ2n) is 6.11. The fourth-order valence-corrected chi connectivity index (χ4v) is 1.78. The molecule has 0 aromatic rings. The number of methoxy groups -OCH3 is 1. The number of esters is 1. The van der Waals surface area contributed by atoms with E-state index in [1.165, 1.54) is 7.11 Å². The molecule has 0 saturated heterocycles. The van der Waals surface area contributed by atoms with Gasteiger partial charge in [0, 0.05) is 6.54 Å². The van der Waals surface area contributed by atoms with Crippen molar-refractivity contribution in [2.45, 2.75) is 0 Å². The van der Waals surface area contributed by atoms with Crippen LogP contribution in [0.15, 0.2) is 0 Å². The molecule has 0 unspecified atom stereocenters. The van der Waals surface area contributed by atoms with Crippen molar-refractivity contribution in [1.82, 2.24) is 4.90 Å². The number of carbonyl (C=O) groups excluding carboxylic acids is 1. The van der Waals surface area contributed by atoms with Gasteiger partial charge < -0.3 is 42.8 Å². The maximum atomic E-state index is 10.8. The van der Waals surface area contributed by atoms with Crippen molar-refractivity contribution in [3.05, 3.63) is 0 Å². The Morgan fingerprint density at radius 1 is 0.552 bits per heavy atom. The number of rotatable bonds is 23. The molecule has 0 N–H and O–H groups in total. The third-order valence-electron chi connectivity index (χ3n) is 3.36. The average Bonchev–Trinajstić information content (AvgIpc) is 2.71. The summed E-state index contributed by atoms with van der Waals surface area (Å²) in [7, 11) is 5.35. The predicted molar refractivity (Wildman–Crippen MR) is 106 cm³/mol. The summed E-state index contributed by atoms with van der Waals surface area (Å²) in [5.74, 6) is -0.399. The predicted octanol–water partition coefficient (Wildman–Crippen LogP) is -0.163. The van der Waals surface area contributed by atoms with Gasteiger partial charge in [-0.25, -0.2) is 4.79 Å². The quantitative estimate of drug-likeness (QED) is 0.162. The Balaban J connectivity index is 3.02. The highest BCUT2D eigenvalue weighted by Crippen LogP contribution is 1.86. The molecule has 10 heteroatoms. The molecule has 0 aromatic heterocycles. The van der Waals surface area contributed by atoms with Crippen LogP contribution in [0.1, 0.15) is 0 Å². The summed E-state index contributed by atoms with van der Waals surface area (Å²) in [4.78, 5) is 12.9. The van der Waals surface area contributed by atoms with E-state index in [1.54, 1.807) is 0 Å². The summed E-state index contributed by atoms with van der Waals surface area (Å²) in [6.45, 7) is 7.58. The first-order valence-corrected chi connectivity index (χ1v) is 9.92. The minimum atomic E-state index is -0.399. The molecular weight excluding hydrogens is 386 g/mol. The molecule has 0 atom stereocenters. The SMILES string of the molecule is COC(=O)COCCOCCOCCOCCOCCOCCOCCN(C)C. The molecule has 0 bridgehead atoms. The van der Waals surface area contributed by atoms with E-state index in [0.29, 0.717) is 85.9 Å². The normalized spacial score (nSPS) is 11.3. The first-order valence-electron chi connectivity index (χ1n) is 9.92. The summed E-state index contributed by atoms with van der Waals surface area (Å²) in [5, 5.41) is 0. The first-order chi connectivity index (χ1) is 14.2. The molecule has 0 fully saturated rings. The van der Waals surface area contributed by atoms with Crippen LogP contribution in [0, 0.1) is 0 Å². The van der Waals surface area contributed by atoms with Gasteiger partial charge >= 0.3 is 5.97 Å². The summed E-state index contributed by atoms with van der Waals surface area (Å²) in [6.07, 6.45) is 0. The number of carbonyl (C=O) groups is 1. The molecule has 0 spiro atoms. The Bertz CT molecular complexity index is 346. The minimum Gasteiger partial charge on any atom is -0.467 e. The molecule has 0 radical (unpaired) electrons. The molecule has 0 aliphatic rings. The standard InChI is InChI=1S/C19H39NO9/c1-20(2)4-5-23-6-7-24-8-9-25-10-11-26-12-13-27-14-15-28-16-17-29-18-19(21)22-3/h4-18H2,1-3H3. The molecular formula is C19H39NO9. The van der Waals surface area contributed by atoms with Gasteiger partial charge in [-0.15, -0.1) is 0 Å². The van der Waals surface area contributed by atoms with Crippen molar-refractivity contribution in [3.8, 4) is 0 Å². The molecule has 0 rings (SSSR count). The van der Waals surface area contributed by atoms with Gasteiger partial charge in [0.05, 0.1) is 93.0 Å². The topological polar surface area (TPSA) is 94.2 Å². The minimum absolute atomic E-state index is 0.0588. The van der Waals surface area contributed by atoms with Crippen LogP contribution in [0.5, 0.6) is 0 Å². The summed E-state index contributed by atoms with van der Waals surface area (Å²) in [6, 6.07) is 0. The molecule has 0 aromatic carbocycles. The molecule has 29 heavy (non-hydrogen) atoms. The Morgan fingerprint density at radius 2 is 0.862 bits per heavy atom. The van der Waals surface area contributed by atoms with Crippen LogP contribution < -0.4 is 0 Å². The van der Waals surface area contributed by atoms with Gasteiger partial charge in [0.15, 0.2) is 0 Å². The van der Waals surface area contributed by atoms with E-state index in [-0.39, 0.29) is 6.61 Å². The van der Waals surface area contributed by atoms with Crippen LogP contribution in [-0.2, 0) is 42.7 Å². The van der Waals surface area contributed by atoms with Crippen LogP contribution in [0.4, 0.5) is 0 Å². The highest BCUT2D eigenvalue weighted by molar-refractivity contribution is 5.70. The first kappa shape index (κ1) is 28.1. The van der Waals surface area contributed by atoms with E-state index >= 15 is 0 Å². The Hall–Kier alpha value is -0.850. The maximum Gasteiger partial charge on any atom is 0.331 e. The smallest absolute Gasteiger partial charge is 0.331 e. The van der Waals surface area contributed by atoms with Crippen LogP contribution in [-0.4, -0.2) is 131 Å². The second kappa shape index (κ2) is 23.4. The fraction of sp³-hybridized carbons (Fsp3) is 0.947. The molecule has 0 saturated carbocycles. The van der Waals surface area contributed by atoms with Crippen molar-refractivity contribution < 1.29 is 42.7 Å². The van der Waals surface area contributed by atoms with Gasteiger partial charge in [-0.3, -0.25) is 0 Å². The molecule has 174 valence electrons. The van der Waals surface area contributed by atoms with Gasteiger partial charge in [-0.05, 0) is 14.1 Å². The molecule has 0 aliphatic heterocycles. The Labute approximate surface area is 174 Å². The van der Waals surface area contributed by atoms with Crippen LogP contribution >= 0.6 is 0 Å². The van der Waals surface area contributed by atoms with E-state index in [9.17, 15) is 4.79 Å². The second-order valence-corrected chi connectivity index (χ2v) is 6.11. The van der Waals surface area contributed by atoms with E-state index in [0.717, 1.165) is 6.54 Å². The Morgan fingerprint density at radius 3 is 1.17 bits per heavy atom. The zero-order valence-corrected chi connectivity index (χ0v) is 18.2. The largest absolute Gasteiger partial charge is 0.467 e. The third-order valence-corrected chi connectivity index (χ3v) is 3.36. The van der Waals surface area contributed by atoms with Crippen LogP contribution in [0.3, 0.4) is 0 Å². The van der Waals surface area contributed by atoms with Crippen LogP contribution in [0.25, 0.3) is 0 Å². The van der Waals surface area contributed by atoms with E-state index in [2.05, 4.69) is 9.64 Å². The molecule has 0 amide bonds. The van der Waals surface area contributed by atoms with Gasteiger partial charge in [-0.1, -0.05) is 0 Å². The third kappa shape index (κ3) is 25.1. The lowest BCUT2D eigenvalue weighted by atomic mass is 10.6. The van der Waals surface area contributed by atoms with Crippen molar-refractivity contribution in [1.29, 1.82) is 0 Å². The van der Waals surface area contributed by atoms with Gasteiger partial charge in [0.1, 0.15) is 6.61 Å². The zero-order chi connectivity index (χ0) is 21.4. The lowest BCUT2D eigenvalue weighted by molar-refractivity contribution is -0.146. The summed E-state index contributed by atoms with van der Waals surface area (Å²) < 4.78 is 41.8. The van der Waals surface area contributed by atoms with Crippen LogP contribution in [0.2, 0.25) is 0 Å². The Kier molecular flexibility index (Phi) is 22.7. The lowest BCUT2D eigenvalue weighted by Crippen LogP contribution is -2.19. The van der Waals surface area contributed by atoms with Crippen molar-refractivity contribution in [3.63, 3.8) is 0 Å². The lowest BCUT2D eigenvalue weighted by Gasteiger charge is -2.10. The van der Waals surface area contributed by atoms with Gasteiger partial charge in [0.2, 0.25) is 0 Å².